The van der Waals surface area contributed by atoms with Gasteiger partial charge in [-0.3, -0.25) is 0 Å². The Labute approximate surface area is 101 Å². The number of hydrogen-bond acceptors (Lipinski definition) is 6. The summed E-state index contributed by atoms with van der Waals surface area (Å²) in [7, 11) is 1.40. The normalized spacial score (nSPS) is 11.3. The van der Waals surface area contributed by atoms with Gasteiger partial charge in [0.25, 0.3) is 0 Å². The lowest BCUT2D eigenvalue weighted by atomic mass is 10.4. The molecule has 0 spiro atoms. The first-order valence-corrected chi connectivity index (χ1v) is 4.97. The first-order valence-electron chi connectivity index (χ1n) is 4.97. The van der Waals surface area contributed by atoms with Gasteiger partial charge in [0.15, 0.2) is 5.82 Å². The van der Waals surface area contributed by atoms with Crippen LogP contribution in [0.1, 0.15) is 0 Å². The van der Waals surface area contributed by atoms with E-state index in [4.69, 9.17) is 10.5 Å². The first kappa shape index (κ1) is 14.3. The second kappa shape index (κ2) is 6.24. The van der Waals surface area contributed by atoms with Gasteiger partial charge in [0.05, 0.1) is 13.7 Å². The topological polar surface area (TPSA) is 82.3 Å². The molecule has 0 radical (unpaired) electrons. The number of halogens is 3. The second-order valence-corrected chi connectivity index (χ2v) is 3.24. The molecule has 0 saturated heterocycles. The maximum absolute atomic E-state index is 11.8. The molecule has 0 atom stereocenters. The molecule has 0 bridgehead atoms. The van der Waals surface area contributed by atoms with E-state index in [0.717, 1.165) is 0 Å². The Hall–Kier alpha value is -1.77. The number of methoxy groups -OCH3 is 1. The van der Waals surface area contributed by atoms with Crippen LogP contribution < -0.4 is 15.8 Å². The Morgan fingerprint density at radius 1 is 1.39 bits per heavy atom. The Bertz CT molecular complexity index is 387. The highest BCUT2D eigenvalue weighted by Crippen LogP contribution is 2.23. The highest BCUT2D eigenvalue weighted by Gasteiger charge is 2.27. The molecule has 1 aromatic rings. The van der Waals surface area contributed by atoms with Crippen molar-refractivity contribution in [3.8, 4) is 5.88 Å². The van der Waals surface area contributed by atoms with Crippen molar-refractivity contribution in [1.29, 1.82) is 0 Å². The summed E-state index contributed by atoms with van der Waals surface area (Å²) in [5.74, 6) is 0.487. The van der Waals surface area contributed by atoms with Crippen molar-refractivity contribution in [2.24, 2.45) is 0 Å². The third kappa shape index (κ3) is 4.62. The Kier molecular flexibility index (Phi) is 4.95. The lowest BCUT2D eigenvalue weighted by Gasteiger charge is -2.11. The van der Waals surface area contributed by atoms with Crippen LogP contribution in [0.25, 0.3) is 0 Å². The van der Waals surface area contributed by atoms with E-state index in [1.807, 2.05) is 0 Å². The van der Waals surface area contributed by atoms with Crippen molar-refractivity contribution in [3.05, 3.63) is 6.33 Å². The standard InChI is InChI=1S/C9H13F3N4O2/c1-17-8-6(13)7(15-5-16-8)14-2-3-18-4-9(10,11)12/h5H,2-4,13H2,1H3,(H,14,15,16). The summed E-state index contributed by atoms with van der Waals surface area (Å²) >= 11 is 0. The van der Waals surface area contributed by atoms with Crippen LogP contribution in [0.3, 0.4) is 0 Å². The van der Waals surface area contributed by atoms with E-state index in [9.17, 15) is 13.2 Å². The number of hydrogen-bond donors (Lipinski definition) is 2. The average molecular weight is 266 g/mol. The van der Waals surface area contributed by atoms with Gasteiger partial charge in [-0.25, -0.2) is 4.98 Å². The molecule has 1 heterocycles. The largest absolute Gasteiger partial charge is 0.479 e. The maximum Gasteiger partial charge on any atom is 0.411 e. The predicted molar refractivity (Wildman–Crippen MR) is 58.4 cm³/mol. The highest BCUT2D eigenvalue weighted by atomic mass is 19.4. The third-order valence-corrected chi connectivity index (χ3v) is 1.85. The summed E-state index contributed by atoms with van der Waals surface area (Å²) in [5, 5.41) is 2.73. The molecule has 0 amide bonds. The van der Waals surface area contributed by atoms with E-state index in [0.29, 0.717) is 0 Å². The Balaban J connectivity index is 2.36. The number of nitrogens with zero attached hydrogens (tertiary/aromatic N) is 2. The van der Waals surface area contributed by atoms with Gasteiger partial charge in [-0.05, 0) is 0 Å². The van der Waals surface area contributed by atoms with Crippen molar-refractivity contribution in [2.45, 2.75) is 6.18 Å². The number of ether oxygens (including phenoxy) is 2. The summed E-state index contributed by atoms with van der Waals surface area (Å²) in [5.41, 5.74) is 5.84. The molecule has 0 unspecified atom stereocenters. The van der Waals surface area contributed by atoms with Gasteiger partial charge in [-0.1, -0.05) is 0 Å². The summed E-state index contributed by atoms with van der Waals surface area (Å²) < 4.78 is 44.6. The Morgan fingerprint density at radius 3 is 2.72 bits per heavy atom. The molecule has 1 rings (SSSR count). The number of rotatable bonds is 6. The number of alkyl halides is 3. The minimum Gasteiger partial charge on any atom is -0.479 e. The fourth-order valence-electron chi connectivity index (χ4n) is 1.11. The highest BCUT2D eigenvalue weighted by molar-refractivity contribution is 5.66. The van der Waals surface area contributed by atoms with Crippen LogP contribution in [-0.4, -0.2) is 43.0 Å². The molecular weight excluding hydrogens is 253 g/mol. The summed E-state index contributed by atoms with van der Waals surface area (Å²) in [4.78, 5) is 7.58. The summed E-state index contributed by atoms with van der Waals surface area (Å²) in [6.45, 7) is -1.26. The van der Waals surface area contributed by atoms with Gasteiger partial charge in [0, 0.05) is 6.54 Å². The van der Waals surface area contributed by atoms with Crippen molar-refractivity contribution < 1.29 is 22.6 Å². The number of nitrogens with one attached hydrogen (secondary N) is 1. The third-order valence-electron chi connectivity index (χ3n) is 1.85. The number of anilines is 2. The van der Waals surface area contributed by atoms with Crippen molar-refractivity contribution in [1.82, 2.24) is 9.97 Å². The van der Waals surface area contributed by atoms with Gasteiger partial charge in [-0.15, -0.1) is 0 Å². The lowest BCUT2D eigenvalue weighted by Crippen LogP contribution is -2.20. The average Bonchev–Trinajstić information content (AvgIpc) is 2.29. The predicted octanol–water partition coefficient (Wildman–Crippen LogP) is 1.06. The van der Waals surface area contributed by atoms with Gasteiger partial charge in [0.1, 0.15) is 18.6 Å². The molecule has 6 nitrogen and oxygen atoms in total. The van der Waals surface area contributed by atoms with Crippen molar-refractivity contribution in [2.75, 3.05) is 37.9 Å². The molecular formula is C9H13F3N4O2. The van der Waals surface area contributed by atoms with Gasteiger partial charge >= 0.3 is 6.18 Å². The van der Waals surface area contributed by atoms with Crippen LogP contribution in [-0.2, 0) is 4.74 Å². The van der Waals surface area contributed by atoms with Crippen molar-refractivity contribution >= 4 is 11.5 Å². The van der Waals surface area contributed by atoms with E-state index in [2.05, 4.69) is 20.0 Å². The van der Waals surface area contributed by atoms with Crippen LogP contribution in [0.2, 0.25) is 0 Å². The fourth-order valence-corrected chi connectivity index (χ4v) is 1.11. The van der Waals surface area contributed by atoms with Crippen LogP contribution >= 0.6 is 0 Å². The monoisotopic (exact) mass is 266 g/mol. The summed E-state index contributed by atoms with van der Waals surface area (Å²) in [6.07, 6.45) is -3.09. The molecule has 1 aromatic heterocycles. The maximum atomic E-state index is 11.8. The molecule has 0 fully saturated rings. The molecule has 102 valence electrons. The molecule has 18 heavy (non-hydrogen) atoms. The van der Waals surface area contributed by atoms with Gasteiger partial charge in [0.2, 0.25) is 5.88 Å². The molecule has 0 aromatic carbocycles. The van der Waals surface area contributed by atoms with Crippen molar-refractivity contribution in [3.63, 3.8) is 0 Å². The minimum atomic E-state index is -4.32. The Morgan fingerprint density at radius 2 is 2.11 bits per heavy atom. The van der Waals surface area contributed by atoms with Crippen LogP contribution in [0.4, 0.5) is 24.7 Å². The first-order chi connectivity index (χ1) is 8.44. The molecule has 0 saturated carbocycles. The fraction of sp³-hybridized carbons (Fsp3) is 0.556. The van der Waals surface area contributed by atoms with Crippen LogP contribution in [0.15, 0.2) is 6.33 Å². The van der Waals surface area contributed by atoms with Crippen LogP contribution in [0, 0.1) is 0 Å². The zero-order chi connectivity index (χ0) is 13.6. The number of nitrogens with two attached hydrogens (primary N) is 1. The van der Waals surface area contributed by atoms with Gasteiger partial charge < -0.3 is 20.5 Å². The van der Waals surface area contributed by atoms with E-state index < -0.39 is 12.8 Å². The molecule has 0 aliphatic carbocycles. The van der Waals surface area contributed by atoms with Crippen LogP contribution in [0.5, 0.6) is 5.88 Å². The molecule has 0 aliphatic rings. The second-order valence-electron chi connectivity index (χ2n) is 3.24. The van der Waals surface area contributed by atoms with E-state index in [1.54, 1.807) is 0 Å². The van der Waals surface area contributed by atoms with E-state index >= 15 is 0 Å². The molecule has 9 heteroatoms. The quantitative estimate of drug-likeness (QED) is 0.749. The minimum absolute atomic E-state index is 0.120. The smallest absolute Gasteiger partial charge is 0.411 e. The zero-order valence-electron chi connectivity index (χ0n) is 9.62. The van der Waals surface area contributed by atoms with E-state index in [-0.39, 0.29) is 30.5 Å². The lowest BCUT2D eigenvalue weighted by molar-refractivity contribution is -0.172. The molecule has 0 aliphatic heterocycles. The SMILES string of the molecule is COc1ncnc(NCCOCC(F)(F)F)c1N. The van der Waals surface area contributed by atoms with Gasteiger partial charge in [-0.2, -0.15) is 18.2 Å². The zero-order valence-corrected chi connectivity index (χ0v) is 9.62. The van der Waals surface area contributed by atoms with E-state index in [1.165, 1.54) is 13.4 Å². The number of aromatic nitrogens is 2. The summed E-state index contributed by atoms with van der Waals surface area (Å²) in [6, 6.07) is 0. The molecule has 3 N–H and O–H groups in total. The number of nitrogen functional groups attached to an aromatic ring is 1.